The average molecular weight is 542 g/mol. The Labute approximate surface area is 216 Å². The van der Waals surface area contributed by atoms with E-state index in [4.69, 9.17) is 23.2 Å². The summed E-state index contributed by atoms with van der Waals surface area (Å²) >= 11 is 12.1. The van der Waals surface area contributed by atoms with Crippen LogP contribution < -0.4 is 9.62 Å². The highest BCUT2D eigenvalue weighted by Crippen LogP contribution is 2.25. The number of carbonyl (C=O) groups excluding carboxylic acids is 3. The quantitative estimate of drug-likeness (QED) is 0.434. The van der Waals surface area contributed by atoms with E-state index in [-0.39, 0.29) is 23.9 Å². The molecule has 2 amide bonds. The highest BCUT2D eigenvalue weighted by atomic mass is 35.5. The van der Waals surface area contributed by atoms with Crippen molar-refractivity contribution in [3.05, 3.63) is 63.6 Å². The molecule has 2 aromatic rings. The van der Waals surface area contributed by atoms with Crippen LogP contribution in [0.15, 0.2) is 42.5 Å². The van der Waals surface area contributed by atoms with Gasteiger partial charge in [0, 0.05) is 18.7 Å². The number of carbonyl (C=O) groups is 3. The van der Waals surface area contributed by atoms with Crippen LogP contribution in [0.25, 0.3) is 0 Å². The SMILES string of the molecule is CCCNC(=O)C(C)N(Cc1ccc(Cl)c(Cl)c1)C(=O)CN(c1cccc(C(C)=O)c1)S(C)(=O)=O. The number of amides is 2. The fraction of sp³-hybridized carbons (Fsp3) is 0.375. The maximum atomic E-state index is 13.5. The van der Waals surface area contributed by atoms with Gasteiger partial charge in [-0.25, -0.2) is 8.42 Å². The van der Waals surface area contributed by atoms with Crippen LogP contribution in [0.5, 0.6) is 0 Å². The second kappa shape index (κ2) is 12.4. The highest BCUT2D eigenvalue weighted by Gasteiger charge is 2.30. The summed E-state index contributed by atoms with van der Waals surface area (Å²) in [6, 6.07) is 9.97. The summed E-state index contributed by atoms with van der Waals surface area (Å²) in [5, 5.41) is 3.39. The summed E-state index contributed by atoms with van der Waals surface area (Å²) < 4.78 is 26.1. The van der Waals surface area contributed by atoms with Gasteiger partial charge in [0.25, 0.3) is 0 Å². The van der Waals surface area contributed by atoms with Crippen molar-refractivity contribution in [2.75, 3.05) is 23.7 Å². The fourth-order valence-electron chi connectivity index (χ4n) is 3.31. The minimum Gasteiger partial charge on any atom is -0.354 e. The lowest BCUT2D eigenvalue weighted by Crippen LogP contribution is -2.51. The summed E-state index contributed by atoms with van der Waals surface area (Å²) in [5.41, 5.74) is 1.10. The predicted molar refractivity (Wildman–Crippen MR) is 138 cm³/mol. The Kier molecular flexibility index (Phi) is 10.1. The largest absolute Gasteiger partial charge is 0.354 e. The molecule has 0 aliphatic carbocycles. The first-order chi connectivity index (χ1) is 16.3. The van der Waals surface area contributed by atoms with Crippen LogP contribution in [0.4, 0.5) is 5.69 Å². The number of sulfonamides is 1. The molecule has 1 atom stereocenters. The van der Waals surface area contributed by atoms with Gasteiger partial charge in [-0.3, -0.25) is 18.7 Å². The molecule has 35 heavy (non-hydrogen) atoms. The van der Waals surface area contributed by atoms with E-state index < -0.39 is 28.5 Å². The molecule has 0 heterocycles. The monoisotopic (exact) mass is 541 g/mol. The van der Waals surface area contributed by atoms with Crippen molar-refractivity contribution in [2.24, 2.45) is 0 Å². The number of nitrogens with zero attached hydrogens (tertiary/aromatic N) is 2. The van der Waals surface area contributed by atoms with Crippen molar-refractivity contribution in [1.29, 1.82) is 0 Å². The minimum atomic E-state index is -3.90. The maximum absolute atomic E-state index is 13.5. The second-order valence-corrected chi connectivity index (χ2v) is 10.8. The predicted octanol–water partition coefficient (Wildman–Crippen LogP) is 3.91. The van der Waals surface area contributed by atoms with Crippen molar-refractivity contribution >= 4 is 56.5 Å². The summed E-state index contributed by atoms with van der Waals surface area (Å²) in [4.78, 5) is 39.3. The third kappa shape index (κ3) is 7.95. The lowest BCUT2D eigenvalue weighted by molar-refractivity contribution is -0.139. The van der Waals surface area contributed by atoms with Crippen molar-refractivity contribution in [2.45, 2.75) is 39.8 Å². The topological polar surface area (TPSA) is 104 Å². The lowest BCUT2D eigenvalue weighted by Gasteiger charge is -2.31. The van der Waals surface area contributed by atoms with Crippen LogP contribution in [0, 0.1) is 0 Å². The molecule has 0 aromatic heterocycles. The first-order valence-electron chi connectivity index (χ1n) is 10.9. The Morgan fingerprint density at radius 1 is 1.06 bits per heavy atom. The van der Waals surface area contributed by atoms with Gasteiger partial charge in [-0.05, 0) is 50.1 Å². The van der Waals surface area contributed by atoms with Gasteiger partial charge in [0.15, 0.2) is 5.78 Å². The van der Waals surface area contributed by atoms with Crippen LogP contribution in [0.1, 0.15) is 43.1 Å². The molecule has 1 N–H and O–H groups in total. The molecule has 0 fully saturated rings. The number of anilines is 1. The Balaban J connectivity index is 2.43. The molecule has 1 unspecified atom stereocenters. The van der Waals surface area contributed by atoms with Crippen LogP contribution >= 0.6 is 23.2 Å². The summed E-state index contributed by atoms with van der Waals surface area (Å²) in [6.07, 6.45) is 1.69. The van der Waals surface area contributed by atoms with Crippen LogP contribution in [-0.4, -0.2) is 56.3 Å². The summed E-state index contributed by atoms with van der Waals surface area (Å²) in [6.45, 7) is 4.72. The smallest absolute Gasteiger partial charge is 0.244 e. The molecular formula is C24H29Cl2N3O5S. The third-order valence-electron chi connectivity index (χ3n) is 5.27. The normalized spacial score (nSPS) is 12.1. The van der Waals surface area contributed by atoms with Crippen LogP contribution in [0.2, 0.25) is 10.0 Å². The zero-order valence-corrected chi connectivity index (χ0v) is 22.4. The molecule has 0 saturated carbocycles. The minimum absolute atomic E-state index is 0.00151. The van der Waals surface area contributed by atoms with Gasteiger partial charge >= 0.3 is 0 Å². The fourth-order valence-corrected chi connectivity index (χ4v) is 4.47. The van der Waals surface area contributed by atoms with E-state index >= 15 is 0 Å². The van der Waals surface area contributed by atoms with Crippen LogP contribution in [-0.2, 0) is 26.2 Å². The first-order valence-corrected chi connectivity index (χ1v) is 13.5. The van der Waals surface area contributed by atoms with E-state index in [2.05, 4.69) is 5.32 Å². The highest BCUT2D eigenvalue weighted by molar-refractivity contribution is 7.92. The third-order valence-corrected chi connectivity index (χ3v) is 7.15. The van der Waals surface area contributed by atoms with Gasteiger partial charge in [-0.15, -0.1) is 0 Å². The standard InChI is InChI=1S/C24H29Cl2N3O5S/c1-5-11-27-24(32)16(2)28(14-18-9-10-21(25)22(26)12-18)23(31)15-29(35(4,33)34)20-8-6-7-19(13-20)17(3)30/h6-10,12-13,16H,5,11,14-15H2,1-4H3,(H,27,32). The number of hydrogen-bond acceptors (Lipinski definition) is 5. The van der Waals surface area contributed by atoms with E-state index in [0.717, 1.165) is 10.6 Å². The van der Waals surface area contributed by atoms with Crippen molar-refractivity contribution < 1.29 is 22.8 Å². The van der Waals surface area contributed by atoms with E-state index in [0.29, 0.717) is 34.1 Å². The summed E-state index contributed by atoms with van der Waals surface area (Å²) in [5.74, 6) is -1.22. The Hall–Kier alpha value is -2.62. The van der Waals surface area contributed by atoms with Crippen LogP contribution in [0.3, 0.4) is 0 Å². The van der Waals surface area contributed by atoms with Crippen molar-refractivity contribution in [3.63, 3.8) is 0 Å². The molecule has 0 aliphatic heterocycles. The zero-order chi connectivity index (χ0) is 26.3. The first kappa shape index (κ1) is 28.6. The molecule has 2 aromatic carbocycles. The van der Waals surface area contributed by atoms with Gasteiger partial charge in [0.2, 0.25) is 21.8 Å². The van der Waals surface area contributed by atoms with Gasteiger partial charge in [0.1, 0.15) is 12.6 Å². The van der Waals surface area contributed by atoms with Gasteiger partial charge in [0.05, 0.1) is 22.0 Å². The summed E-state index contributed by atoms with van der Waals surface area (Å²) in [7, 11) is -3.90. The number of nitrogens with one attached hydrogen (secondary N) is 1. The Bertz CT molecular complexity index is 1200. The molecule has 2 rings (SSSR count). The molecular weight excluding hydrogens is 513 g/mol. The lowest BCUT2D eigenvalue weighted by atomic mass is 10.1. The molecule has 0 radical (unpaired) electrons. The van der Waals surface area contributed by atoms with E-state index in [9.17, 15) is 22.8 Å². The van der Waals surface area contributed by atoms with Crippen molar-refractivity contribution in [3.8, 4) is 0 Å². The second-order valence-electron chi connectivity index (χ2n) is 8.11. The molecule has 190 valence electrons. The molecule has 8 nitrogen and oxygen atoms in total. The molecule has 0 saturated heterocycles. The molecule has 0 bridgehead atoms. The van der Waals surface area contributed by atoms with E-state index in [1.807, 2.05) is 6.92 Å². The molecule has 11 heteroatoms. The number of ketones is 1. The average Bonchev–Trinajstić information content (AvgIpc) is 2.80. The number of halogens is 2. The molecule has 0 aliphatic rings. The maximum Gasteiger partial charge on any atom is 0.244 e. The van der Waals surface area contributed by atoms with Gasteiger partial charge in [-0.2, -0.15) is 0 Å². The number of benzene rings is 2. The van der Waals surface area contributed by atoms with Gasteiger partial charge < -0.3 is 10.2 Å². The van der Waals surface area contributed by atoms with Gasteiger partial charge in [-0.1, -0.05) is 48.3 Å². The zero-order valence-electron chi connectivity index (χ0n) is 20.0. The van der Waals surface area contributed by atoms with E-state index in [1.165, 1.54) is 24.0 Å². The van der Waals surface area contributed by atoms with E-state index in [1.54, 1.807) is 37.3 Å². The Morgan fingerprint density at radius 3 is 2.31 bits per heavy atom. The number of hydrogen-bond donors (Lipinski definition) is 1. The van der Waals surface area contributed by atoms with Crippen molar-refractivity contribution in [1.82, 2.24) is 10.2 Å². The molecule has 0 spiro atoms. The Morgan fingerprint density at radius 2 is 1.74 bits per heavy atom. The number of Topliss-reactive ketones (excluding diaryl/α,β-unsaturated/α-hetero) is 1. The number of rotatable bonds is 11.